The number of benzene rings is 1. The van der Waals surface area contributed by atoms with Gasteiger partial charge in [0.25, 0.3) is 5.91 Å². The number of aromatic nitrogens is 5. The van der Waals surface area contributed by atoms with Crippen LogP contribution in [0.3, 0.4) is 0 Å². The molecule has 156 valence electrons. The van der Waals surface area contributed by atoms with Crippen molar-refractivity contribution in [2.45, 2.75) is 13.8 Å². The van der Waals surface area contributed by atoms with Crippen molar-refractivity contribution in [2.75, 3.05) is 31.1 Å². The largest absolute Gasteiger partial charge is 0.353 e. The van der Waals surface area contributed by atoms with Crippen molar-refractivity contribution in [1.82, 2.24) is 29.8 Å². The lowest BCUT2D eigenvalue weighted by Gasteiger charge is -2.36. The van der Waals surface area contributed by atoms with E-state index in [0.717, 1.165) is 46.8 Å². The molecule has 1 amide bonds. The standard InChI is InChI=1S/C23H23N7O/c1-15-16(2)27-21(18-4-3-7-24-13-18)28-22(15)29-8-10-30(11-9-29)23(31)17-5-6-19-20(12-17)26-14-25-19/h3-7,12-14H,8-11H2,1-2H3,(H,25,26). The molecular formula is C23H23N7O. The minimum Gasteiger partial charge on any atom is -0.353 e. The van der Waals surface area contributed by atoms with Crippen LogP contribution in [0.2, 0.25) is 0 Å². The van der Waals surface area contributed by atoms with Gasteiger partial charge in [-0.1, -0.05) is 0 Å². The maximum absolute atomic E-state index is 13.0. The van der Waals surface area contributed by atoms with Gasteiger partial charge >= 0.3 is 0 Å². The third-order valence-electron chi connectivity index (χ3n) is 5.82. The lowest BCUT2D eigenvalue weighted by Crippen LogP contribution is -2.49. The van der Waals surface area contributed by atoms with Crippen LogP contribution >= 0.6 is 0 Å². The average Bonchev–Trinajstić information content (AvgIpc) is 3.29. The van der Waals surface area contributed by atoms with Gasteiger partial charge in [0, 0.05) is 61.0 Å². The topological polar surface area (TPSA) is 90.9 Å². The predicted molar refractivity (Wildman–Crippen MR) is 119 cm³/mol. The lowest BCUT2D eigenvalue weighted by atomic mass is 10.1. The van der Waals surface area contributed by atoms with E-state index < -0.39 is 0 Å². The number of hydrogen-bond donors (Lipinski definition) is 1. The van der Waals surface area contributed by atoms with E-state index in [1.165, 1.54) is 0 Å². The van der Waals surface area contributed by atoms with E-state index in [2.05, 4.69) is 31.8 Å². The molecule has 1 aliphatic rings. The van der Waals surface area contributed by atoms with Gasteiger partial charge in [0.05, 0.1) is 17.4 Å². The molecule has 1 saturated heterocycles. The third-order valence-corrected chi connectivity index (χ3v) is 5.82. The number of carbonyl (C=O) groups is 1. The van der Waals surface area contributed by atoms with Gasteiger partial charge in [-0.3, -0.25) is 9.78 Å². The first kappa shape index (κ1) is 19.2. The number of imidazole rings is 1. The van der Waals surface area contributed by atoms with E-state index in [-0.39, 0.29) is 5.91 Å². The van der Waals surface area contributed by atoms with Gasteiger partial charge in [-0.15, -0.1) is 0 Å². The Morgan fingerprint density at radius 1 is 1.06 bits per heavy atom. The highest BCUT2D eigenvalue weighted by atomic mass is 16.2. The molecule has 0 unspecified atom stereocenters. The Morgan fingerprint density at radius 3 is 2.68 bits per heavy atom. The minimum absolute atomic E-state index is 0.0442. The summed E-state index contributed by atoms with van der Waals surface area (Å²) in [7, 11) is 0. The van der Waals surface area contributed by atoms with Crippen molar-refractivity contribution in [1.29, 1.82) is 0 Å². The minimum atomic E-state index is 0.0442. The molecule has 5 rings (SSSR count). The highest BCUT2D eigenvalue weighted by molar-refractivity contribution is 5.97. The number of amides is 1. The zero-order valence-corrected chi connectivity index (χ0v) is 17.5. The maximum atomic E-state index is 13.0. The van der Waals surface area contributed by atoms with Crippen LogP contribution < -0.4 is 4.90 Å². The van der Waals surface area contributed by atoms with Gasteiger partial charge < -0.3 is 14.8 Å². The second kappa shape index (κ2) is 7.79. The van der Waals surface area contributed by atoms with Gasteiger partial charge in [0.1, 0.15) is 5.82 Å². The van der Waals surface area contributed by atoms with Crippen LogP contribution in [-0.2, 0) is 0 Å². The summed E-state index contributed by atoms with van der Waals surface area (Å²) in [6.45, 7) is 6.79. The predicted octanol–water partition coefficient (Wildman–Crippen LogP) is 2.99. The molecule has 4 aromatic rings. The highest BCUT2D eigenvalue weighted by Gasteiger charge is 2.25. The number of anilines is 1. The summed E-state index contributed by atoms with van der Waals surface area (Å²) in [5.74, 6) is 1.65. The van der Waals surface area contributed by atoms with Crippen LogP contribution in [-0.4, -0.2) is 61.9 Å². The third kappa shape index (κ3) is 3.61. The van der Waals surface area contributed by atoms with Gasteiger partial charge in [-0.25, -0.2) is 15.0 Å². The van der Waals surface area contributed by atoms with Gasteiger partial charge in [0.2, 0.25) is 0 Å². The van der Waals surface area contributed by atoms with Crippen molar-refractivity contribution < 1.29 is 4.79 Å². The van der Waals surface area contributed by atoms with Crippen LogP contribution in [0.4, 0.5) is 5.82 Å². The van der Waals surface area contributed by atoms with E-state index in [0.29, 0.717) is 24.5 Å². The molecule has 0 spiro atoms. The van der Waals surface area contributed by atoms with Gasteiger partial charge in [0.15, 0.2) is 5.82 Å². The van der Waals surface area contributed by atoms with E-state index in [9.17, 15) is 4.79 Å². The summed E-state index contributed by atoms with van der Waals surface area (Å²) in [6, 6.07) is 9.44. The van der Waals surface area contributed by atoms with Crippen LogP contribution in [0.25, 0.3) is 22.4 Å². The maximum Gasteiger partial charge on any atom is 0.254 e. The van der Waals surface area contributed by atoms with Crippen molar-refractivity contribution >= 4 is 22.8 Å². The number of pyridine rings is 1. The molecule has 31 heavy (non-hydrogen) atoms. The molecule has 1 aliphatic heterocycles. The second-order valence-corrected chi connectivity index (χ2v) is 7.74. The zero-order valence-electron chi connectivity index (χ0n) is 17.5. The number of carbonyl (C=O) groups excluding carboxylic acids is 1. The lowest BCUT2D eigenvalue weighted by molar-refractivity contribution is 0.0746. The second-order valence-electron chi connectivity index (χ2n) is 7.74. The number of nitrogens with one attached hydrogen (secondary N) is 1. The first-order chi connectivity index (χ1) is 15.1. The van der Waals surface area contributed by atoms with Crippen molar-refractivity contribution in [3.63, 3.8) is 0 Å². The quantitative estimate of drug-likeness (QED) is 0.555. The van der Waals surface area contributed by atoms with Crippen LogP contribution in [0.5, 0.6) is 0 Å². The Labute approximate surface area is 180 Å². The molecule has 0 atom stereocenters. The number of aryl methyl sites for hydroxylation is 1. The molecule has 0 saturated carbocycles. The molecule has 0 aliphatic carbocycles. The van der Waals surface area contributed by atoms with Crippen LogP contribution in [0.15, 0.2) is 49.1 Å². The molecule has 1 N–H and O–H groups in total. The Hall–Kier alpha value is -3.81. The van der Waals surface area contributed by atoms with E-state index in [4.69, 9.17) is 4.98 Å². The number of hydrogen-bond acceptors (Lipinski definition) is 6. The van der Waals surface area contributed by atoms with Crippen LogP contribution in [0, 0.1) is 13.8 Å². The molecule has 0 radical (unpaired) electrons. The molecule has 0 bridgehead atoms. The number of piperazine rings is 1. The van der Waals surface area contributed by atoms with Crippen molar-refractivity contribution in [3.05, 3.63) is 65.9 Å². The summed E-state index contributed by atoms with van der Waals surface area (Å²) in [6.07, 6.45) is 5.16. The highest BCUT2D eigenvalue weighted by Crippen LogP contribution is 2.25. The first-order valence-electron chi connectivity index (χ1n) is 10.3. The molecule has 8 heteroatoms. The first-order valence-corrected chi connectivity index (χ1v) is 10.3. The summed E-state index contributed by atoms with van der Waals surface area (Å²) >= 11 is 0. The Balaban J connectivity index is 1.34. The SMILES string of the molecule is Cc1nc(-c2cccnc2)nc(N2CCN(C(=O)c3ccc4nc[nH]c4c3)CC2)c1C. The van der Waals surface area contributed by atoms with E-state index in [1.807, 2.05) is 42.2 Å². The van der Waals surface area contributed by atoms with Crippen molar-refractivity contribution in [2.24, 2.45) is 0 Å². The molecule has 4 heterocycles. The fourth-order valence-corrected chi connectivity index (χ4v) is 3.92. The molecule has 1 aromatic carbocycles. The smallest absolute Gasteiger partial charge is 0.254 e. The Morgan fingerprint density at radius 2 is 1.90 bits per heavy atom. The van der Waals surface area contributed by atoms with Crippen LogP contribution in [0.1, 0.15) is 21.6 Å². The van der Waals surface area contributed by atoms with E-state index in [1.54, 1.807) is 18.7 Å². The summed E-state index contributed by atoms with van der Waals surface area (Å²) in [5.41, 5.74) is 5.33. The van der Waals surface area contributed by atoms with Gasteiger partial charge in [-0.05, 0) is 44.2 Å². The molecule has 8 nitrogen and oxygen atoms in total. The molecule has 1 fully saturated rings. The van der Waals surface area contributed by atoms with Gasteiger partial charge in [-0.2, -0.15) is 0 Å². The fraction of sp³-hybridized carbons (Fsp3) is 0.261. The number of rotatable bonds is 3. The number of fused-ring (bicyclic) bond motifs is 1. The monoisotopic (exact) mass is 413 g/mol. The fourth-order valence-electron chi connectivity index (χ4n) is 3.92. The summed E-state index contributed by atoms with van der Waals surface area (Å²) in [5, 5.41) is 0. The molecule has 3 aromatic heterocycles. The Bertz CT molecular complexity index is 1240. The van der Waals surface area contributed by atoms with E-state index >= 15 is 0 Å². The number of H-pyrrole nitrogens is 1. The van der Waals surface area contributed by atoms with Crippen molar-refractivity contribution in [3.8, 4) is 11.4 Å². The number of nitrogens with zero attached hydrogens (tertiary/aromatic N) is 6. The average molecular weight is 413 g/mol. The normalized spacial score (nSPS) is 14.3. The zero-order chi connectivity index (χ0) is 21.4. The summed E-state index contributed by atoms with van der Waals surface area (Å²) < 4.78 is 0. The summed E-state index contributed by atoms with van der Waals surface area (Å²) in [4.78, 5) is 38.1. The molecular weight excluding hydrogens is 390 g/mol. The Kier molecular flexibility index (Phi) is 4.82. The number of aromatic amines is 1.